The van der Waals surface area contributed by atoms with Crippen LogP contribution in [0, 0.1) is 5.41 Å². The average molecular weight is 244 g/mol. The van der Waals surface area contributed by atoms with Gasteiger partial charge in [-0.2, -0.15) is 0 Å². The van der Waals surface area contributed by atoms with Crippen LogP contribution in [0.4, 0.5) is 0 Å². The van der Waals surface area contributed by atoms with Gasteiger partial charge in [0, 0.05) is 6.54 Å². The smallest absolute Gasteiger partial charge is 0.225 e. The summed E-state index contributed by atoms with van der Waals surface area (Å²) >= 11 is 5.18. The summed E-state index contributed by atoms with van der Waals surface area (Å²) in [6, 6.07) is 0. The van der Waals surface area contributed by atoms with Crippen LogP contribution in [0.2, 0.25) is 0 Å². The Hall–Kier alpha value is 0.160. The molecule has 0 aliphatic carbocycles. The van der Waals surface area contributed by atoms with E-state index in [-0.39, 0.29) is 12.0 Å². The number of aliphatic hydroxyl groups is 1. The second kappa shape index (κ2) is 5.30. The molecule has 6 heteroatoms. The molecular formula is C8H18ClNO3S. The number of aliphatic hydroxyl groups excluding tert-OH is 1. The van der Waals surface area contributed by atoms with Gasteiger partial charge in [-0.3, -0.25) is 0 Å². The third-order valence-corrected chi connectivity index (χ3v) is 3.29. The molecule has 0 aromatic heterocycles. The van der Waals surface area contributed by atoms with Crippen molar-refractivity contribution >= 4 is 21.6 Å². The van der Waals surface area contributed by atoms with Gasteiger partial charge in [-0.15, -0.1) is 11.6 Å². The van der Waals surface area contributed by atoms with Crippen molar-refractivity contribution in [2.75, 3.05) is 11.8 Å². The van der Waals surface area contributed by atoms with Gasteiger partial charge >= 0.3 is 0 Å². The summed E-state index contributed by atoms with van der Waals surface area (Å²) in [6.45, 7) is 5.96. The molecule has 0 spiro atoms. The van der Waals surface area contributed by atoms with Crippen molar-refractivity contribution in [2.24, 2.45) is 5.41 Å². The topological polar surface area (TPSA) is 66.4 Å². The summed E-state index contributed by atoms with van der Waals surface area (Å²) in [5, 5.41) is 9.00. The zero-order chi connectivity index (χ0) is 11.4. The highest BCUT2D eigenvalue weighted by Crippen LogP contribution is 2.20. The second-order valence-electron chi connectivity index (χ2n) is 4.49. The Morgan fingerprint density at radius 3 is 2.29 bits per heavy atom. The molecule has 4 nitrogen and oxygen atoms in total. The predicted octanol–water partition coefficient (Wildman–Crippen LogP) is 0.899. The summed E-state index contributed by atoms with van der Waals surface area (Å²) in [5.74, 6) is 0. The molecule has 0 bridgehead atoms. The Labute approximate surface area is 90.7 Å². The second-order valence-corrected chi connectivity index (χ2v) is 6.88. The van der Waals surface area contributed by atoms with Gasteiger partial charge in [-0.05, 0) is 11.8 Å². The third kappa shape index (κ3) is 7.55. The molecule has 0 rings (SSSR count). The summed E-state index contributed by atoms with van der Waals surface area (Å²) in [7, 11) is -3.41. The average Bonchev–Trinajstić information content (AvgIpc) is 1.98. The Bertz CT molecular complexity index is 258. The first-order chi connectivity index (χ1) is 6.16. The van der Waals surface area contributed by atoms with Crippen LogP contribution in [0.5, 0.6) is 0 Å². The normalized spacial score (nSPS) is 15.5. The molecule has 0 heterocycles. The fraction of sp³-hybridized carbons (Fsp3) is 1.00. The van der Waals surface area contributed by atoms with Crippen LogP contribution in [-0.4, -0.2) is 31.4 Å². The van der Waals surface area contributed by atoms with Gasteiger partial charge in [0.05, 0.1) is 6.10 Å². The van der Waals surface area contributed by atoms with Gasteiger partial charge in [0.2, 0.25) is 10.0 Å². The fourth-order valence-corrected chi connectivity index (χ4v) is 1.80. The number of nitrogens with one attached hydrogen (secondary N) is 1. The molecule has 0 saturated carbocycles. The summed E-state index contributed by atoms with van der Waals surface area (Å²) in [5.41, 5.74) is -0.0220. The SMILES string of the molecule is CC(C)(C)CC(O)CNS(=O)(=O)CCl. The number of alkyl halides is 1. The minimum Gasteiger partial charge on any atom is -0.392 e. The molecule has 0 aliphatic heterocycles. The van der Waals surface area contributed by atoms with E-state index in [1.165, 1.54) is 0 Å². The lowest BCUT2D eigenvalue weighted by Gasteiger charge is -2.22. The van der Waals surface area contributed by atoms with E-state index in [0.29, 0.717) is 6.42 Å². The maximum Gasteiger partial charge on any atom is 0.225 e. The van der Waals surface area contributed by atoms with Crippen LogP contribution in [0.3, 0.4) is 0 Å². The van der Waals surface area contributed by atoms with Crippen molar-refractivity contribution in [3.63, 3.8) is 0 Å². The molecule has 0 radical (unpaired) electrons. The van der Waals surface area contributed by atoms with Crippen molar-refractivity contribution in [2.45, 2.75) is 33.3 Å². The molecule has 0 saturated heterocycles. The minimum atomic E-state index is -3.41. The maximum absolute atomic E-state index is 10.9. The molecule has 2 N–H and O–H groups in total. The number of halogens is 1. The molecule has 86 valence electrons. The standard InChI is InChI=1S/C8H18ClNO3S/c1-8(2,3)4-7(11)5-10-14(12,13)6-9/h7,10-11H,4-6H2,1-3H3. The van der Waals surface area contributed by atoms with Crippen molar-refractivity contribution < 1.29 is 13.5 Å². The van der Waals surface area contributed by atoms with Gasteiger partial charge in [-0.25, -0.2) is 13.1 Å². The van der Waals surface area contributed by atoms with Crippen molar-refractivity contribution in [1.29, 1.82) is 0 Å². The van der Waals surface area contributed by atoms with Crippen molar-refractivity contribution in [1.82, 2.24) is 4.72 Å². The lowest BCUT2D eigenvalue weighted by Crippen LogP contribution is -2.34. The van der Waals surface area contributed by atoms with Gasteiger partial charge in [-0.1, -0.05) is 20.8 Å². The highest BCUT2D eigenvalue weighted by Gasteiger charge is 2.18. The van der Waals surface area contributed by atoms with E-state index in [1.807, 2.05) is 20.8 Å². The van der Waals surface area contributed by atoms with Crippen LogP contribution in [0.1, 0.15) is 27.2 Å². The van der Waals surface area contributed by atoms with Crippen LogP contribution in [0.15, 0.2) is 0 Å². The lowest BCUT2D eigenvalue weighted by atomic mass is 9.89. The van der Waals surface area contributed by atoms with E-state index in [0.717, 1.165) is 0 Å². The lowest BCUT2D eigenvalue weighted by molar-refractivity contribution is 0.125. The van der Waals surface area contributed by atoms with E-state index in [2.05, 4.69) is 4.72 Å². The van der Waals surface area contributed by atoms with E-state index in [9.17, 15) is 13.5 Å². The highest BCUT2D eigenvalue weighted by atomic mass is 35.5. The van der Waals surface area contributed by atoms with E-state index >= 15 is 0 Å². The highest BCUT2D eigenvalue weighted by molar-refractivity contribution is 7.90. The van der Waals surface area contributed by atoms with Crippen molar-refractivity contribution in [3.05, 3.63) is 0 Å². The van der Waals surface area contributed by atoms with Gasteiger partial charge in [0.25, 0.3) is 0 Å². The number of hydrogen-bond acceptors (Lipinski definition) is 3. The molecule has 0 amide bonds. The Morgan fingerprint density at radius 2 is 1.93 bits per heavy atom. The fourth-order valence-electron chi connectivity index (χ4n) is 1.04. The Kier molecular flexibility index (Phi) is 5.36. The first kappa shape index (κ1) is 14.2. The predicted molar refractivity (Wildman–Crippen MR) is 57.7 cm³/mol. The maximum atomic E-state index is 10.9. The Balaban J connectivity index is 3.93. The molecule has 1 unspecified atom stereocenters. The first-order valence-corrected chi connectivity index (χ1v) is 6.56. The summed E-state index contributed by atoms with van der Waals surface area (Å²) < 4.78 is 24.1. The molecule has 0 aromatic carbocycles. The summed E-state index contributed by atoms with van der Waals surface area (Å²) in [4.78, 5) is 0. The number of rotatable bonds is 5. The van der Waals surface area contributed by atoms with Crippen LogP contribution >= 0.6 is 11.6 Å². The monoisotopic (exact) mass is 243 g/mol. The van der Waals surface area contributed by atoms with Gasteiger partial charge in [0.1, 0.15) is 5.21 Å². The molecule has 14 heavy (non-hydrogen) atoms. The Morgan fingerprint density at radius 1 is 1.43 bits per heavy atom. The van der Waals surface area contributed by atoms with Crippen LogP contribution in [-0.2, 0) is 10.0 Å². The minimum absolute atomic E-state index is 0.0202. The third-order valence-electron chi connectivity index (χ3n) is 1.53. The molecule has 0 fully saturated rings. The number of sulfonamides is 1. The van der Waals surface area contributed by atoms with Crippen LogP contribution in [0.25, 0.3) is 0 Å². The largest absolute Gasteiger partial charge is 0.392 e. The van der Waals surface area contributed by atoms with E-state index < -0.39 is 21.3 Å². The molecule has 0 aliphatic rings. The van der Waals surface area contributed by atoms with E-state index in [4.69, 9.17) is 11.6 Å². The van der Waals surface area contributed by atoms with Gasteiger partial charge in [0.15, 0.2) is 0 Å². The zero-order valence-electron chi connectivity index (χ0n) is 8.75. The molecule has 0 aromatic rings. The number of hydrogen-bond donors (Lipinski definition) is 2. The quantitative estimate of drug-likeness (QED) is 0.705. The van der Waals surface area contributed by atoms with Crippen LogP contribution < -0.4 is 4.72 Å². The molecular weight excluding hydrogens is 226 g/mol. The van der Waals surface area contributed by atoms with Gasteiger partial charge < -0.3 is 5.11 Å². The van der Waals surface area contributed by atoms with E-state index in [1.54, 1.807) is 0 Å². The first-order valence-electron chi connectivity index (χ1n) is 4.38. The zero-order valence-corrected chi connectivity index (χ0v) is 10.3. The van der Waals surface area contributed by atoms with Crippen molar-refractivity contribution in [3.8, 4) is 0 Å². The molecule has 1 atom stereocenters. The summed E-state index contributed by atoms with van der Waals surface area (Å²) in [6.07, 6.45) is -0.134.